The third-order valence-electron chi connectivity index (χ3n) is 9.19. The summed E-state index contributed by atoms with van der Waals surface area (Å²) in [6.07, 6.45) is 0.262. The molecule has 6 aromatic carbocycles. The first-order chi connectivity index (χ1) is 23.7. The van der Waals surface area contributed by atoms with Gasteiger partial charge in [-0.05, 0) is 35.4 Å². The summed E-state index contributed by atoms with van der Waals surface area (Å²) in [7, 11) is 0. The van der Waals surface area contributed by atoms with Gasteiger partial charge in [0.05, 0.1) is 23.0 Å². The van der Waals surface area contributed by atoms with E-state index in [9.17, 15) is 4.79 Å². The Morgan fingerprint density at radius 3 is 1.71 bits per heavy atom. The Labute approximate surface area is 280 Å². The second-order valence-corrected chi connectivity index (χ2v) is 12.0. The quantitative estimate of drug-likeness (QED) is 0.192. The molecule has 0 bridgehead atoms. The Hall–Kier alpha value is -6.20. The summed E-state index contributed by atoms with van der Waals surface area (Å²) in [6.45, 7) is 0. The van der Waals surface area contributed by atoms with Crippen LogP contribution < -0.4 is 9.80 Å². The van der Waals surface area contributed by atoms with Crippen LogP contribution in [0, 0.1) is 0 Å². The molecule has 2 atom stereocenters. The van der Waals surface area contributed by atoms with Gasteiger partial charge >= 0.3 is 0 Å². The number of carbonyl (C=O) groups is 2. The first-order valence-electron chi connectivity index (χ1n) is 16.1. The summed E-state index contributed by atoms with van der Waals surface area (Å²) in [5, 5.41) is 0. The van der Waals surface area contributed by atoms with Crippen LogP contribution in [0.15, 0.2) is 176 Å². The Morgan fingerprint density at radius 2 is 1.08 bits per heavy atom. The van der Waals surface area contributed by atoms with Crippen LogP contribution in [-0.2, 0) is 15.3 Å². The van der Waals surface area contributed by atoms with Crippen LogP contribution in [0.3, 0.4) is 0 Å². The van der Waals surface area contributed by atoms with Crippen LogP contribution in [0.1, 0.15) is 45.1 Å². The third kappa shape index (κ3) is 4.88. The van der Waals surface area contributed by atoms with Crippen molar-refractivity contribution in [1.82, 2.24) is 0 Å². The Bertz CT molecular complexity index is 2120. The molecule has 5 heteroatoms. The fourth-order valence-electron chi connectivity index (χ4n) is 7.02. The molecule has 2 aliphatic heterocycles. The molecule has 0 radical (unpaired) electrons. The molecule has 0 spiro atoms. The van der Waals surface area contributed by atoms with Crippen molar-refractivity contribution in [1.29, 1.82) is 0 Å². The van der Waals surface area contributed by atoms with Crippen molar-refractivity contribution < 1.29 is 14.3 Å². The molecule has 2 heterocycles. The van der Waals surface area contributed by atoms with Gasteiger partial charge in [-0.2, -0.15) is 0 Å². The zero-order valence-electron chi connectivity index (χ0n) is 26.1. The monoisotopic (exact) mass is 624 g/mol. The maximum Gasteiger partial charge on any atom is 0.266 e. The minimum atomic E-state index is -1.33. The molecule has 2 amide bonds. The maximum absolute atomic E-state index is 15.5. The van der Waals surface area contributed by atoms with Crippen molar-refractivity contribution in [3.8, 4) is 0 Å². The summed E-state index contributed by atoms with van der Waals surface area (Å²) in [4.78, 5) is 33.9. The topological polar surface area (TPSA) is 49.9 Å². The van der Waals surface area contributed by atoms with Crippen molar-refractivity contribution in [2.75, 3.05) is 9.80 Å². The lowest BCUT2D eigenvalue weighted by atomic mass is 9.86. The van der Waals surface area contributed by atoms with E-state index in [1.54, 1.807) is 4.90 Å². The number of hydrogen-bond donors (Lipinski definition) is 0. The predicted octanol–water partition coefficient (Wildman–Crippen LogP) is 9.26. The number of para-hydroxylation sites is 2. The van der Waals surface area contributed by atoms with E-state index in [-0.39, 0.29) is 18.2 Å². The van der Waals surface area contributed by atoms with Gasteiger partial charge in [0.25, 0.3) is 11.8 Å². The molecular formula is C43H32N2O3. The average molecular weight is 625 g/mol. The molecule has 0 aliphatic carbocycles. The molecule has 5 nitrogen and oxygen atoms in total. The lowest BCUT2D eigenvalue weighted by Gasteiger charge is -2.48. The molecule has 0 saturated carbocycles. The number of nitrogens with zero attached hydrogens (tertiary/aromatic N) is 2. The normalized spacial score (nSPS) is 18.8. The summed E-state index contributed by atoms with van der Waals surface area (Å²) in [6, 6.07) is 55.9. The van der Waals surface area contributed by atoms with E-state index < -0.39 is 11.8 Å². The zero-order valence-corrected chi connectivity index (χ0v) is 26.1. The number of carbonyl (C=O) groups excluding carboxylic acids is 2. The third-order valence-corrected chi connectivity index (χ3v) is 9.19. The first kappa shape index (κ1) is 29.2. The lowest BCUT2D eigenvalue weighted by molar-refractivity contribution is -0.120. The van der Waals surface area contributed by atoms with Crippen molar-refractivity contribution in [2.45, 2.75) is 18.2 Å². The van der Waals surface area contributed by atoms with Crippen LogP contribution in [0.5, 0.6) is 0 Å². The first-order valence-corrected chi connectivity index (χ1v) is 16.1. The highest BCUT2D eigenvalue weighted by molar-refractivity contribution is 6.33. The molecule has 48 heavy (non-hydrogen) atoms. The Balaban J connectivity index is 1.46. The molecule has 0 fully saturated rings. The van der Waals surface area contributed by atoms with Crippen LogP contribution in [-0.4, -0.2) is 11.8 Å². The predicted molar refractivity (Wildman–Crippen MR) is 190 cm³/mol. The SMILES string of the molecule is O=C(c1ccccc1)N1c2ccccc2N2C(=O)C(c3ccccc3)=C(c3ccccc3)O[C@@]2(c2ccccc2)C[C@H]1c1ccccc1. The van der Waals surface area contributed by atoms with Gasteiger partial charge in [0.2, 0.25) is 5.72 Å². The minimum absolute atomic E-state index is 0.160. The van der Waals surface area contributed by atoms with Gasteiger partial charge in [-0.1, -0.05) is 152 Å². The highest BCUT2D eigenvalue weighted by Crippen LogP contribution is 2.56. The molecule has 0 N–H and O–H groups in total. The van der Waals surface area contributed by atoms with E-state index >= 15 is 4.79 Å². The number of ether oxygens (including phenoxy) is 1. The van der Waals surface area contributed by atoms with Gasteiger partial charge in [0.15, 0.2) is 0 Å². The fraction of sp³-hybridized carbons (Fsp3) is 0.0698. The smallest absolute Gasteiger partial charge is 0.266 e. The number of amides is 2. The van der Waals surface area contributed by atoms with Crippen LogP contribution in [0.2, 0.25) is 0 Å². The minimum Gasteiger partial charge on any atom is -0.462 e. The van der Waals surface area contributed by atoms with Gasteiger partial charge in [-0.25, -0.2) is 0 Å². The fourth-order valence-corrected chi connectivity index (χ4v) is 7.02. The number of benzene rings is 6. The number of rotatable bonds is 5. The van der Waals surface area contributed by atoms with Crippen LogP contribution in [0.4, 0.5) is 11.4 Å². The highest BCUT2D eigenvalue weighted by atomic mass is 16.5. The maximum atomic E-state index is 15.5. The summed E-state index contributed by atoms with van der Waals surface area (Å²) >= 11 is 0. The summed E-state index contributed by atoms with van der Waals surface area (Å²) in [5.74, 6) is 0.134. The number of fused-ring (bicyclic) bond motifs is 3. The van der Waals surface area contributed by atoms with E-state index in [1.165, 1.54) is 0 Å². The standard InChI is InChI=1S/C43H32N2O3/c46-41(34-24-12-4-13-25-34)44-36-28-16-17-29-37(36)45-42(47)39(32-20-8-2-9-21-32)40(33-22-10-3-11-23-33)48-43(45,35-26-14-5-15-27-35)30-38(44)31-18-6-1-7-19-31/h1-29,38H,30H2/t38-,43+/m0/s1. The van der Waals surface area contributed by atoms with E-state index in [2.05, 4.69) is 0 Å². The molecule has 0 unspecified atom stereocenters. The molecule has 2 aliphatic rings. The van der Waals surface area contributed by atoms with Crippen molar-refractivity contribution >= 4 is 34.5 Å². The van der Waals surface area contributed by atoms with Crippen LogP contribution in [0.25, 0.3) is 11.3 Å². The summed E-state index contributed by atoms with van der Waals surface area (Å²) in [5.41, 5.74) is 4.20. The largest absolute Gasteiger partial charge is 0.462 e. The van der Waals surface area contributed by atoms with Crippen molar-refractivity contribution in [3.05, 3.63) is 204 Å². The zero-order chi connectivity index (χ0) is 32.5. The van der Waals surface area contributed by atoms with Gasteiger partial charge < -0.3 is 4.74 Å². The van der Waals surface area contributed by atoms with E-state index in [0.29, 0.717) is 28.3 Å². The second kappa shape index (κ2) is 12.2. The van der Waals surface area contributed by atoms with E-state index in [1.807, 2.05) is 181 Å². The van der Waals surface area contributed by atoms with E-state index in [0.717, 1.165) is 22.3 Å². The second-order valence-electron chi connectivity index (χ2n) is 12.0. The van der Waals surface area contributed by atoms with E-state index in [4.69, 9.17) is 4.74 Å². The Morgan fingerprint density at radius 1 is 0.583 bits per heavy atom. The average Bonchev–Trinajstić information content (AvgIpc) is 3.30. The molecule has 6 aromatic rings. The molecule has 232 valence electrons. The number of anilines is 2. The Kier molecular flexibility index (Phi) is 7.42. The van der Waals surface area contributed by atoms with Crippen LogP contribution >= 0.6 is 0 Å². The molecule has 0 saturated heterocycles. The lowest BCUT2D eigenvalue weighted by Crippen LogP contribution is -2.55. The van der Waals surface area contributed by atoms with Gasteiger partial charge in [-0.15, -0.1) is 0 Å². The van der Waals surface area contributed by atoms with Gasteiger partial charge in [0, 0.05) is 23.1 Å². The molecule has 0 aromatic heterocycles. The number of hydrogen-bond acceptors (Lipinski definition) is 3. The molecular weight excluding hydrogens is 592 g/mol. The summed E-state index contributed by atoms with van der Waals surface area (Å²) < 4.78 is 7.46. The molecule has 8 rings (SSSR count). The van der Waals surface area contributed by atoms with Crippen molar-refractivity contribution in [3.63, 3.8) is 0 Å². The highest BCUT2D eigenvalue weighted by Gasteiger charge is 2.56. The van der Waals surface area contributed by atoms with Gasteiger partial charge in [0.1, 0.15) is 5.76 Å². The van der Waals surface area contributed by atoms with Crippen molar-refractivity contribution in [2.24, 2.45) is 0 Å². The van der Waals surface area contributed by atoms with Gasteiger partial charge in [-0.3, -0.25) is 19.4 Å².